The van der Waals surface area contributed by atoms with E-state index in [0.717, 1.165) is 11.1 Å². The number of anilines is 1. The van der Waals surface area contributed by atoms with Crippen LogP contribution in [-0.4, -0.2) is 26.1 Å². The van der Waals surface area contributed by atoms with Gasteiger partial charge in [0.1, 0.15) is 5.75 Å². The van der Waals surface area contributed by atoms with Crippen LogP contribution in [0.4, 0.5) is 5.69 Å². The molecule has 0 bridgehead atoms. The van der Waals surface area contributed by atoms with Gasteiger partial charge in [0.15, 0.2) is 0 Å². The number of rotatable bonds is 4. The Morgan fingerprint density at radius 1 is 1.00 bits per heavy atom. The van der Waals surface area contributed by atoms with Crippen LogP contribution < -0.4 is 10.1 Å². The van der Waals surface area contributed by atoms with Gasteiger partial charge in [-0.1, -0.05) is 17.7 Å². The summed E-state index contributed by atoms with van der Waals surface area (Å²) in [6, 6.07) is 10.4. The molecule has 0 spiro atoms. The number of hydrogen-bond acceptors (Lipinski definition) is 4. The highest BCUT2D eigenvalue weighted by molar-refractivity contribution is 6.07. The van der Waals surface area contributed by atoms with E-state index in [4.69, 9.17) is 9.47 Å². The first-order valence-electron chi connectivity index (χ1n) is 7.11. The maximum Gasteiger partial charge on any atom is 0.337 e. The molecule has 5 nitrogen and oxygen atoms in total. The fraction of sp³-hybridized carbons (Fsp3) is 0.222. The summed E-state index contributed by atoms with van der Waals surface area (Å²) in [7, 11) is 2.84. The van der Waals surface area contributed by atoms with Crippen LogP contribution in [0.5, 0.6) is 5.75 Å². The van der Waals surface area contributed by atoms with Crippen molar-refractivity contribution in [2.45, 2.75) is 13.8 Å². The van der Waals surface area contributed by atoms with Gasteiger partial charge in [0, 0.05) is 5.69 Å². The number of esters is 1. The molecule has 0 saturated heterocycles. The summed E-state index contributed by atoms with van der Waals surface area (Å²) >= 11 is 0. The highest BCUT2D eigenvalue weighted by Gasteiger charge is 2.15. The number of ether oxygens (including phenoxy) is 2. The van der Waals surface area contributed by atoms with Gasteiger partial charge in [-0.15, -0.1) is 0 Å². The maximum absolute atomic E-state index is 12.5. The smallest absolute Gasteiger partial charge is 0.337 e. The molecule has 0 atom stereocenters. The van der Waals surface area contributed by atoms with Crippen molar-refractivity contribution in [3.8, 4) is 5.75 Å². The molecule has 120 valence electrons. The number of carbonyl (C=O) groups is 2. The average molecular weight is 313 g/mol. The molecule has 2 aromatic carbocycles. The lowest BCUT2D eigenvalue weighted by atomic mass is 10.1. The van der Waals surface area contributed by atoms with Crippen LogP contribution in [0.25, 0.3) is 0 Å². The highest BCUT2D eigenvalue weighted by Crippen LogP contribution is 2.23. The van der Waals surface area contributed by atoms with E-state index in [1.165, 1.54) is 14.2 Å². The van der Waals surface area contributed by atoms with Crippen LogP contribution in [-0.2, 0) is 4.74 Å². The molecule has 0 radical (unpaired) electrons. The van der Waals surface area contributed by atoms with E-state index in [-0.39, 0.29) is 5.91 Å². The van der Waals surface area contributed by atoms with Gasteiger partial charge in [-0.05, 0) is 43.7 Å². The lowest BCUT2D eigenvalue weighted by Gasteiger charge is -2.12. The van der Waals surface area contributed by atoms with E-state index in [0.29, 0.717) is 22.6 Å². The number of hydrogen-bond donors (Lipinski definition) is 1. The number of methoxy groups -OCH3 is 2. The van der Waals surface area contributed by atoms with Crippen LogP contribution in [0.1, 0.15) is 31.8 Å². The van der Waals surface area contributed by atoms with Gasteiger partial charge < -0.3 is 14.8 Å². The summed E-state index contributed by atoms with van der Waals surface area (Å²) in [6.45, 7) is 3.75. The second-order valence-electron chi connectivity index (χ2n) is 5.18. The first-order valence-corrected chi connectivity index (χ1v) is 7.11. The average Bonchev–Trinajstić information content (AvgIpc) is 2.56. The SMILES string of the molecule is COC(=O)c1ccc(C)c(NC(=O)c2cc(C)ccc2OC)c1. The van der Waals surface area contributed by atoms with Gasteiger partial charge >= 0.3 is 5.97 Å². The van der Waals surface area contributed by atoms with Crippen molar-refractivity contribution in [2.75, 3.05) is 19.5 Å². The molecule has 23 heavy (non-hydrogen) atoms. The molecule has 0 unspecified atom stereocenters. The highest BCUT2D eigenvalue weighted by atomic mass is 16.5. The molecule has 2 aromatic rings. The van der Waals surface area contributed by atoms with Gasteiger partial charge in [0.2, 0.25) is 0 Å². The van der Waals surface area contributed by atoms with E-state index in [1.807, 2.05) is 19.9 Å². The van der Waals surface area contributed by atoms with Crippen LogP contribution in [0, 0.1) is 13.8 Å². The molecule has 0 aliphatic rings. The van der Waals surface area contributed by atoms with Crippen molar-refractivity contribution in [1.82, 2.24) is 0 Å². The van der Waals surface area contributed by atoms with Crippen molar-refractivity contribution in [2.24, 2.45) is 0 Å². The Morgan fingerprint density at radius 3 is 2.39 bits per heavy atom. The quantitative estimate of drug-likeness (QED) is 0.879. The Labute approximate surface area is 135 Å². The lowest BCUT2D eigenvalue weighted by Crippen LogP contribution is -2.15. The van der Waals surface area contributed by atoms with Crippen molar-refractivity contribution >= 4 is 17.6 Å². The van der Waals surface area contributed by atoms with Crippen molar-refractivity contribution in [3.63, 3.8) is 0 Å². The molecule has 0 fully saturated rings. The van der Waals surface area contributed by atoms with Gasteiger partial charge in [0.05, 0.1) is 25.3 Å². The number of nitrogens with one attached hydrogen (secondary N) is 1. The number of aryl methyl sites for hydroxylation is 2. The number of carbonyl (C=O) groups excluding carboxylic acids is 2. The predicted octanol–water partition coefficient (Wildman–Crippen LogP) is 3.35. The summed E-state index contributed by atoms with van der Waals surface area (Å²) in [5.74, 6) is -0.251. The largest absolute Gasteiger partial charge is 0.496 e. The van der Waals surface area contributed by atoms with Crippen LogP contribution in [0.2, 0.25) is 0 Å². The maximum atomic E-state index is 12.5. The molecule has 1 amide bonds. The van der Waals surface area contributed by atoms with Gasteiger partial charge in [-0.25, -0.2) is 4.79 Å². The third-order valence-corrected chi connectivity index (χ3v) is 3.51. The zero-order chi connectivity index (χ0) is 17.0. The van der Waals surface area contributed by atoms with Crippen LogP contribution in [0.3, 0.4) is 0 Å². The standard InChI is InChI=1S/C18H19NO4/c1-11-5-8-16(22-3)14(9-11)17(20)19-15-10-13(18(21)23-4)7-6-12(15)2/h5-10H,1-4H3,(H,19,20). The van der Waals surface area contributed by atoms with E-state index in [2.05, 4.69) is 5.32 Å². The second-order valence-corrected chi connectivity index (χ2v) is 5.18. The van der Waals surface area contributed by atoms with E-state index < -0.39 is 5.97 Å². The fourth-order valence-electron chi connectivity index (χ4n) is 2.19. The Bertz CT molecular complexity index is 753. The molecule has 0 aliphatic heterocycles. The first-order chi connectivity index (χ1) is 11.0. The minimum absolute atomic E-state index is 0.296. The summed E-state index contributed by atoms with van der Waals surface area (Å²) in [5.41, 5.74) is 3.18. The fourth-order valence-corrected chi connectivity index (χ4v) is 2.19. The molecule has 0 saturated carbocycles. The monoisotopic (exact) mass is 313 g/mol. The molecular formula is C18H19NO4. The molecule has 0 aliphatic carbocycles. The van der Waals surface area contributed by atoms with Crippen molar-refractivity contribution in [1.29, 1.82) is 0 Å². The van der Waals surface area contributed by atoms with Gasteiger partial charge in [0.25, 0.3) is 5.91 Å². The Morgan fingerprint density at radius 2 is 1.74 bits per heavy atom. The van der Waals surface area contributed by atoms with Gasteiger partial charge in [-0.3, -0.25) is 4.79 Å². The summed E-state index contributed by atoms with van der Waals surface area (Å²) in [5, 5.41) is 2.82. The number of amides is 1. The summed E-state index contributed by atoms with van der Waals surface area (Å²) in [4.78, 5) is 24.2. The molecule has 0 aromatic heterocycles. The second kappa shape index (κ2) is 6.96. The number of benzene rings is 2. The van der Waals surface area contributed by atoms with Crippen molar-refractivity contribution in [3.05, 3.63) is 58.7 Å². The summed E-state index contributed by atoms with van der Waals surface area (Å²) in [6.07, 6.45) is 0. The minimum atomic E-state index is -0.450. The Balaban J connectivity index is 2.34. The first kappa shape index (κ1) is 16.5. The minimum Gasteiger partial charge on any atom is -0.496 e. The summed E-state index contributed by atoms with van der Waals surface area (Å²) < 4.78 is 9.94. The molecule has 5 heteroatoms. The Hall–Kier alpha value is -2.82. The normalized spacial score (nSPS) is 10.1. The topological polar surface area (TPSA) is 64.6 Å². The Kier molecular flexibility index (Phi) is 5.01. The van der Waals surface area contributed by atoms with E-state index in [1.54, 1.807) is 30.3 Å². The third-order valence-electron chi connectivity index (χ3n) is 3.51. The van der Waals surface area contributed by atoms with Gasteiger partial charge in [-0.2, -0.15) is 0 Å². The van der Waals surface area contributed by atoms with Crippen LogP contribution in [0.15, 0.2) is 36.4 Å². The molecule has 1 N–H and O–H groups in total. The lowest BCUT2D eigenvalue weighted by molar-refractivity contribution is 0.0600. The van der Waals surface area contributed by atoms with E-state index >= 15 is 0 Å². The molecule has 0 heterocycles. The van der Waals surface area contributed by atoms with Crippen molar-refractivity contribution < 1.29 is 19.1 Å². The zero-order valence-electron chi connectivity index (χ0n) is 13.6. The predicted molar refractivity (Wildman–Crippen MR) is 88.2 cm³/mol. The molecule has 2 rings (SSSR count). The molecular weight excluding hydrogens is 294 g/mol. The zero-order valence-corrected chi connectivity index (χ0v) is 13.6. The third kappa shape index (κ3) is 3.69. The van der Waals surface area contributed by atoms with E-state index in [9.17, 15) is 9.59 Å². The van der Waals surface area contributed by atoms with Crippen LogP contribution >= 0.6 is 0 Å².